The van der Waals surface area contributed by atoms with Gasteiger partial charge in [0.2, 0.25) is 0 Å². The predicted molar refractivity (Wildman–Crippen MR) is 76.0 cm³/mol. The van der Waals surface area contributed by atoms with Crippen LogP contribution < -0.4 is 5.32 Å². The summed E-state index contributed by atoms with van der Waals surface area (Å²) in [5, 5.41) is 17.9. The number of nitrogens with one attached hydrogen (secondary N) is 1. The molecule has 1 aliphatic rings. The summed E-state index contributed by atoms with van der Waals surface area (Å²) >= 11 is 0. The third kappa shape index (κ3) is 1.83. The van der Waals surface area contributed by atoms with Crippen LogP contribution in [0.5, 0.6) is 0 Å². The fourth-order valence-corrected chi connectivity index (χ4v) is 2.61. The third-order valence-electron chi connectivity index (χ3n) is 4.09. The molecule has 2 aromatic heterocycles. The minimum atomic E-state index is -0.969. The number of carboxylic acid groups (broad SMARTS) is 1. The summed E-state index contributed by atoms with van der Waals surface area (Å²) in [7, 11) is 1.81. The van der Waals surface area contributed by atoms with Crippen LogP contribution in [-0.2, 0) is 7.05 Å². The van der Waals surface area contributed by atoms with E-state index in [-0.39, 0.29) is 11.0 Å². The first kappa shape index (κ1) is 12.9. The molecule has 0 aliphatic heterocycles. The Labute approximate surface area is 116 Å². The molecule has 1 atom stereocenters. The topological polar surface area (TPSA) is 80.0 Å². The maximum Gasteiger partial charge on any atom is 0.339 e. The number of aryl methyl sites for hydroxylation is 2. The van der Waals surface area contributed by atoms with Crippen molar-refractivity contribution in [2.75, 3.05) is 5.32 Å². The Morgan fingerprint density at radius 3 is 2.75 bits per heavy atom. The Morgan fingerprint density at radius 2 is 2.20 bits per heavy atom. The zero-order valence-corrected chi connectivity index (χ0v) is 12.1. The molecule has 3 rings (SSSR count). The zero-order valence-electron chi connectivity index (χ0n) is 12.1. The van der Waals surface area contributed by atoms with Gasteiger partial charge in [0.15, 0.2) is 5.65 Å². The predicted octanol–water partition coefficient (Wildman–Crippen LogP) is 2.19. The van der Waals surface area contributed by atoms with Crippen molar-refractivity contribution in [2.24, 2.45) is 12.5 Å². The lowest BCUT2D eigenvalue weighted by atomic mass is 10.1. The average molecular weight is 274 g/mol. The molecule has 0 amide bonds. The van der Waals surface area contributed by atoms with Crippen molar-refractivity contribution in [3.8, 4) is 0 Å². The van der Waals surface area contributed by atoms with Crippen LogP contribution in [0.4, 0.5) is 5.69 Å². The van der Waals surface area contributed by atoms with Gasteiger partial charge in [-0.25, -0.2) is 9.78 Å². The SMILES string of the molecule is Cc1nn(C)c2ncc(C(=O)O)c(NC3CC3(C)C)c12. The van der Waals surface area contributed by atoms with Gasteiger partial charge in [-0.3, -0.25) is 4.68 Å². The van der Waals surface area contributed by atoms with Gasteiger partial charge in [0.1, 0.15) is 5.56 Å². The van der Waals surface area contributed by atoms with Crippen molar-refractivity contribution in [2.45, 2.75) is 33.2 Å². The highest BCUT2D eigenvalue weighted by atomic mass is 16.4. The van der Waals surface area contributed by atoms with Crippen LogP contribution in [0.25, 0.3) is 11.0 Å². The summed E-state index contributed by atoms with van der Waals surface area (Å²) in [6.07, 6.45) is 2.44. The normalized spacial score (nSPS) is 20.1. The molecular weight excluding hydrogens is 256 g/mol. The summed E-state index contributed by atoms with van der Waals surface area (Å²) in [6, 6.07) is 0.297. The van der Waals surface area contributed by atoms with Crippen molar-refractivity contribution in [3.63, 3.8) is 0 Å². The van der Waals surface area contributed by atoms with Gasteiger partial charge in [-0.1, -0.05) is 13.8 Å². The van der Waals surface area contributed by atoms with E-state index in [9.17, 15) is 9.90 Å². The molecular formula is C14H18N4O2. The van der Waals surface area contributed by atoms with Crippen molar-refractivity contribution in [1.82, 2.24) is 14.8 Å². The molecule has 2 aromatic rings. The van der Waals surface area contributed by atoms with Gasteiger partial charge in [0, 0.05) is 19.3 Å². The minimum Gasteiger partial charge on any atom is -0.478 e. The molecule has 0 aromatic carbocycles. The summed E-state index contributed by atoms with van der Waals surface area (Å²) < 4.78 is 1.68. The van der Waals surface area contributed by atoms with E-state index in [1.807, 2.05) is 14.0 Å². The second kappa shape index (κ2) is 3.94. The van der Waals surface area contributed by atoms with Crippen molar-refractivity contribution < 1.29 is 9.90 Å². The molecule has 1 aliphatic carbocycles. The summed E-state index contributed by atoms with van der Waals surface area (Å²) in [5.74, 6) is -0.969. The number of fused-ring (bicyclic) bond motifs is 1. The zero-order chi connectivity index (χ0) is 14.7. The number of hydrogen-bond acceptors (Lipinski definition) is 4. The first-order valence-corrected chi connectivity index (χ1v) is 6.63. The molecule has 20 heavy (non-hydrogen) atoms. The van der Waals surface area contributed by atoms with E-state index in [1.54, 1.807) is 4.68 Å². The van der Waals surface area contributed by atoms with Crippen LogP contribution in [-0.4, -0.2) is 31.9 Å². The van der Waals surface area contributed by atoms with Crippen LogP contribution in [0.2, 0.25) is 0 Å². The van der Waals surface area contributed by atoms with Crippen LogP contribution in [0, 0.1) is 12.3 Å². The van der Waals surface area contributed by atoms with Crippen molar-refractivity contribution in [3.05, 3.63) is 17.5 Å². The molecule has 0 saturated heterocycles. The molecule has 6 nitrogen and oxygen atoms in total. The fourth-order valence-electron chi connectivity index (χ4n) is 2.61. The molecule has 6 heteroatoms. The van der Waals surface area contributed by atoms with E-state index < -0.39 is 5.97 Å². The summed E-state index contributed by atoms with van der Waals surface area (Å²) in [5.41, 5.74) is 2.55. The van der Waals surface area contributed by atoms with Gasteiger partial charge in [0.05, 0.1) is 16.8 Å². The number of pyridine rings is 1. The van der Waals surface area contributed by atoms with Crippen LogP contribution in [0.15, 0.2) is 6.20 Å². The highest BCUT2D eigenvalue weighted by Gasteiger charge is 2.46. The van der Waals surface area contributed by atoms with E-state index in [4.69, 9.17) is 0 Å². The van der Waals surface area contributed by atoms with Gasteiger partial charge in [-0.15, -0.1) is 0 Å². The Hall–Kier alpha value is -2.11. The van der Waals surface area contributed by atoms with Gasteiger partial charge in [-0.2, -0.15) is 5.10 Å². The first-order valence-electron chi connectivity index (χ1n) is 6.63. The molecule has 1 saturated carbocycles. The van der Waals surface area contributed by atoms with Gasteiger partial charge in [-0.05, 0) is 18.8 Å². The van der Waals surface area contributed by atoms with Crippen molar-refractivity contribution in [1.29, 1.82) is 0 Å². The Morgan fingerprint density at radius 1 is 1.55 bits per heavy atom. The molecule has 1 fully saturated rings. The quantitative estimate of drug-likeness (QED) is 0.896. The van der Waals surface area contributed by atoms with E-state index in [1.165, 1.54) is 6.20 Å². The van der Waals surface area contributed by atoms with E-state index in [2.05, 4.69) is 29.2 Å². The monoisotopic (exact) mass is 274 g/mol. The average Bonchev–Trinajstić information content (AvgIpc) is 2.82. The number of carbonyl (C=O) groups is 1. The number of anilines is 1. The number of nitrogens with zero attached hydrogens (tertiary/aromatic N) is 3. The van der Waals surface area contributed by atoms with Crippen LogP contribution in [0.1, 0.15) is 36.3 Å². The van der Waals surface area contributed by atoms with Crippen LogP contribution in [0.3, 0.4) is 0 Å². The largest absolute Gasteiger partial charge is 0.478 e. The van der Waals surface area contributed by atoms with Gasteiger partial charge < -0.3 is 10.4 Å². The summed E-state index contributed by atoms with van der Waals surface area (Å²) in [6.45, 7) is 6.21. The minimum absolute atomic E-state index is 0.205. The molecule has 0 radical (unpaired) electrons. The number of carboxylic acids is 1. The lowest BCUT2D eigenvalue weighted by molar-refractivity contribution is 0.0697. The molecule has 0 bridgehead atoms. The van der Waals surface area contributed by atoms with E-state index in [0.717, 1.165) is 17.5 Å². The van der Waals surface area contributed by atoms with E-state index >= 15 is 0 Å². The number of rotatable bonds is 3. The summed E-state index contributed by atoms with van der Waals surface area (Å²) in [4.78, 5) is 15.7. The standard InChI is InChI=1S/C14H18N4O2/c1-7-10-11(16-9-5-14(9,2)3)8(13(19)20)6-15-12(10)18(4)17-7/h6,9H,5H2,1-4H3,(H,15,16)(H,19,20). The second-order valence-electron chi connectivity index (χ2n) is 6.15. The molecule has 1 unspecified atom stereocenters. The Balaban J connectivity index is 2.19. The highest BCUT2D eigenvalue weighted by Crippen LogP contribution is 2.47. The lowest BCUT2D eigenvalue weighted by Gasteiger charge is -2.12. The second-order valence-corrected chi connectivity index (χ2v) is 6.15. The highest BCUT2D eigenvalue weighted by molar-refractivity contribution is 6.04. The lowest BCUT2D eigenvalue weighted by Crippen LogP contribution is -2.13. The van der Waals surface area contributed by atoms with Gasteiger partial charge in [0.25, 0.3) is 0 Å². The molecule has 2 N–H and O–H groups in total. The number of hydrogen-bond donors (Lipinski definition) is 2. The maximum absolute atomic E-state index is 11.4. The van der Waals surface area contributed by atoms with Gasteiger partial charge >= 0.3 is 5.97 Å². The number of aromatic carboxylic acids is 1. The molecule has 106 valence electrons. The Kier molecular flexibility index (Phi) is 2.54. The third-order valence-corrected chi connectivity index (χ3v) is 4.09. The Bertz CT molecular complexity index is 718. The molecule has 0 spiro atoms. The maximum atomic E-state index is 11.4. The van der Waals surface area contributed by atoms with Crippen molar-refractivity contribution >= 4 is 22.7 Å². The fraction of sp³-hybridized carbons (Fsp3) is 0.500. The van der Waals surface area contributed by atoms with E-state index in [0.29, 0.717) is 17.4 Å². The smallest absolute Gasteiger partial charge is 0.339 e. The molecule has 2 heterocycles. The number of aromatic nitrogens is 3. The van der Waals surface area contributed by atoms with Crippen LogP contribution >= 0.6 is 0 Å². The first-order chi connectivity index (χ1) is 9.31.